The van der Waals surface area contributed by atoms with Crippen LogP contribution < -0.4 is 4.72 Å². The van der Waals surface area contributed by atoms with Crippen molar-refractivity contribution in [3.63, 3.8) is 0 Å². The lowest BCUT2D eigenvalue weighted by Crippen LogP contribution is -2.41. The molecule has 0 saturated heterocycles. The molecule has 1 N–H and O–H groups in total. The first-order chi connectivity index (χ1) is 14.9. The SMILES string of the molecule is CCC(CNS(=O)(=O)c1ccc2ccccc2c1)(c1ccccc1)c1ccc(Cl)cc1. The van der Waals surface area contributed by atoms with Gasteiger partial charge in [0.25, 0.3) is 0 Å². The average molecular weight is 450 g/mol. The number of hydrogen-bond donors (Lipinski definition) is 1. The maximum atomic E-state index is 13.2. The fourth-order valence-electron chi connectivity index (χ4n) is 4.07. The molecule has 0 aliphatic carbocycles. The van der Waals surface area contributed by atoms with Crippen molar-refractivity contribution in [1.29, 1.82) is 0 Å². The Kier molecular flexibility index (Phi) is 6.15. The molecule has 0 heterocycles. The van der Waals surface area contributed by atoms with Gasteiger partial charge in [0.2, 0.25) is 10.0 Å². The van der Waals surface area contributed by atoms with Crippen molar-refractivity contribution in [3.8, 4) is 0 Å². The molecule has 0 aliphatic rings. The number of fused-ring (bicyclic) bond motifs is 1. The van der Waals surface area contributed by atoms with Crippen LogP contribution in [-0.4, -0.2) is 15.0 Å². The topological polar surface area (TPSA) is 46.2 Å². The molecule has 1 atom stereocenters. The molecule has 4 aromatic carbocycles. The Balaban J connectivity index is 1.72. The molecule has 1 unspecified atom stereocenters. The number of hydrogen-bond acceptors (Lipinski definition) is 2. The van der Waals surface area contributed by atoms with Crippen molar-refractivity contribution in [1.82, 2.24) is 4.72 Å². The van der Waals surface area contributed by atoms with E-state index in [1.165, 1.54) is 0 Å². The van der Waals surface area contributed by atoms with Crippen LogP contribution in [-0.2, 0) is 15.4 Å². The van der Waals surface area contributed by atoms with E-state index in [-0.39, 0.29) is 11.4 Å². The molecule has 0 aromatic heterocycles. The fourth-order valence-corrected chi connectivity index (χ4v) is 5.32. The van der Waals surface area contributed by atoms with Crippen molar-refractivity contribution < 1.29 is 8.42 Å². The highest BCUT2D eigenvalue weighted by molar-refractivity contribution is 7.89. The van der Waals surface area contributed by atoms with Crippen molar-refractivity contribution >= 4 is 32.4 Å². The summed E-state index contributed by atoms with van der Waals surface area (Å²) < 4.78 is 29.3. The molecule has 0 bridgehead atoms. The van der Waals surface area contributed by atoms with Crippen LogP contribution in [0.1, 0.15) is 24.5 Å². The summed E-state index contributed by atoms with van der Waals surface area (Å²) in [6.45, 7) is 2.32. The molecule has 4 rings (SSSR count). The van der Waals surface area contributed by atoms with Gasteiger partial charge in [0.1, 0.15) is 0 Å². The molecule has 3 nitrogen and oxygen atoms in total. The first-order valence-electron chi connectivity index (χ1n) is 10.2. The van der Waals surface area contributed by atoms with Gasteiger partial charge < -0.3 is 0 Å². The van der Waals surface area contributed by atoms with Crippen molar-refractivity contribution in [3.05, 3.63) is 113 Å². The van der Waals surface area contributed by atoms with Gasteiger partial charge in [-0.1, -0.05) is 91.3 Å². The Morgan fingerprint density at radius 2 is 1.39 bits per heavy atom. The lowest BCUT2D eigenvalue weighted by atomic mass is 9.72. The fraction of sp³-hybridized carbons (Fsp3) is 0.154. The molecule has 0 fully saturated rings. The quantitative estimate of drug-likeness (QED) is 0.367. The van der Waals surface area contributed by atoms with Gasteiger partial charge in [-0.15, -0.1) is 0 Å². The summed E-state index contributed by atoms with van der Waals surface area (Å²) in [7, 11) is -3.70. The highest BCUT2D eigenvalue weighted by Gasteiger charge is 2.34. The van der Waals surface area contributed by atoms with Crippen LogP contribution in [0.5, 0.6) is 0 Å². The lowest BCUT2D eigenvalue weighted by molar-refractivity contribution is 0.479. The predicted octanol–water partition coefficient (Wildman–Crippen LogP) is 6.17. The number of benzene rings is 4. The van der Waals surface area contributed by atoms with Crippen LogP contribution >= 0.6 is 11.6 Å². The van der Waals surface area contributed by atoms with Gasteiger partial charge in [0.15, 0.2) is 0 Å². The van der Waals surface area contributed by atoms with Gasteiger partial charge in [-0.05, 0) is 52.6 Å². The number of sulfonamides is 1. The largest absolute Gasteiger partial charge is 0.240 e. The summed E-state index contributed by atoms with van der Waals surface area (Å²) >= 11 is 6.12. The van der Waals surface area contributed by atoms with E-state index in [2.05, 4.69) is 11.6 Å². The van der Waals surface area contributed by atoms with E-state index in [4.69, 9.17) is 11.6 Å². The van der Waals surface area contributed by atoms with Crippen LogP contribution in [0.25, 0.3) is 10.8 Å². The van der Waals surface area contributed by atoms with E-state index in [9.17, 15) is 8.42 Å². The number of nitrogens with one attached hydrogen (secondary N) is 1. The third-order valence-electron chi connectivity index (χ3n) is 5.92. The molecule has 0 amide bonds. The molecular weight excluding hydrogens is 426 g/mol. The Morgan fingerprint density at radius 1 is 0.774 bits per heavy atom. The van der Waals surface area contributed by atoms with Gasteiger partial charge in [-0.25, -0.2) is 13.1 Å². The van der Waals surface area contributed by atoms with E-state index in [1.54, 1.807) is 12.1 Å². The molecule has 0 radical (unpaired) electrons. The van der Waals surface area contributed by atoms with Crippen LogP contribution in [0.3, 0.4) is 0 Å². The second-order valence-electron chi connectivity index (χ2n) is 7.64. The van der Waals surface area contributed by atoms with Crippen molar-refractivity contribution in [2.45, 2.75) is 23.7 Å². The van der Waals surface area contributed by atoms with E-state index in [0.717, 1.165) is 28.3 Å². The van der Waals surface area contributed by atoms with Crippen molar-refractivity contribution in [2.24, 2.45) is 0 Å². The Morgan fingerprint density at radius 3 is 2.06 bits per heavy atom. The normalized spacial score (nSPS) is 13.7. The maximum Gasteiger partial charge on any atom is 0.240 e. The third kappa shape index (κ3) is 4.38. The van der Waals surface area contributed by atoms with E-state index in [1.807, 2.05) is 84.9 Å². The van der Waals surface area contributed by atoms with Crippen LogP contribution in [0.2, 0.25) is 5.02 Å². The highest BCUT2D eigenvalue weighted by Crippen LogP contribution is 2.36. The maximum absolute atomic E-state index is 13.2. The minimum absolute atomic E-state index is 0.240. The van der Waals surface area contributed by atoms with Crippen LogP contribution in [0, 0.1) is 0 Å². The van der Waals surface area contributed by atoms with Gasteiger partial charge in [-0.3, -0.25) is 0 Å². The standard InChI is InChI=1S/C26H24ClNO2S/c1-2-26(22-10-4-3-5-11-22,23-13-15-24(27)16-14-23)19-28-31(29,30)25-17-12-20-8-6-7-9-21(20)18-25/h3-18,28H,2,19H2,1H3. The molecule has 0 spiro atoms. The van der Waals surface area contributed by atoms with Crippen molar-refractivity contribution in [2.75, 3.05) is 6.54 Å². The van der Waals surface area contributed by atoms with Crippen LogP contribution in [0.4, 0.5) is 0 Å². The van der Waals surface area contributed by atoms with Gasteiger partial charge >= 0.3 is 0 Å². The number of halogens is 1. The molecular formula is C26H24ClNO2S. The Labute approximate surface area is 188 Å². The monoisotopic (exact) mass is 449 g/mol. The zero-order valence-corrected chi connectivity index (χ0v) is 18.8. The van der Waals surface area contributed by atoms with E-state index < -0.39 is 15.4 Å². The lowest BCUT2D eigenvalue weighted by Gasteiger charge is -2.34. The summed E-state index contributed by atoms with van der Waals surface area (Å²) in [5.41, 5.74) is 1.56. The van der Waals surface area contributed by atoms with E-state index >= 15 is 0 Å². The Hall–Kier alpha value is -2.66. The summed E-state index contributed by atoms with van der Waals surface area (Å²) in [6, 6.07) is 30.6. The van der Waals surface area contributed by atoms with Crippen LogP contribution in [0.15, 0.2) is 102 Å². The zero-order valence-electron chi connectivity index (χ0n) is 17.3. The predicted molar refractivity (Wildman–Crippen MR) is 128 cm³/mol. The average Bonchev–Trinajstić information content (AvgIpc) is 2.81. The first kappa shape index (κ1) is 21.6. The zero-order chi connectivity index (χ0) is 21.9. The smallest absolute Gasteiger partial charge is 0.210 e. The Bertz CT molecular complexity index is 1290. The van der Waals surface area contributed by atoms with Gasteiger partial charge in [0, 0.05) is 17.0 Å². The minimum Gasteiger partial charge on any atom is -0.210 e. The highest BCUT2D eigenvalue weighted by atomic mass is 35.5. The second-order valence-corrected chi connectivity index (χ2v) is 9.85. The molecule has 5 heteroatoms. The summed E-state index contributed by atoms with van der Waals surface area (Å²) in [6.07, 6.45) is 0.721. The first-order valence-corrected chi connectivity index (χ1v) is 12.1. The molecule has 0 aliphatic heterocycles. The van der Waals surface area contributed by atoms with Gasteiger partial charge in [0.05, 0.1) is 4.90 Å². The third-order valence-corrected chi connectivity index (χ3v) is 7.57. The second kappa shape index (κ2) is 8.83. The molecule has 158 valence electrons. The summed E-state index contributed by atoms with van der Waals surface area (Å²) in [5.74, 6) is 0. The molecule has 31 heavy (non-hydrogen) atoms. The van der Waals surface area contributed by atoms with E-state index in [0.29, 0.717) is 5.02 Å². The summed E-state index contributed by atoms with van der Waals surface area (Å²) in [5, 5.41) is 2.56. The minimum atomic E-state index is -3.70. The van der Waals surface area contributed by atoms with Gasteiger partial charge in [-0.2, -0.15) is 0 Å². The summed E-state index contributed by atoms with van der Waals surface area (Å²) in [4.78, 5) is 0.264. The molecule has 0 saturated carbocycles. The number of rotatable bonds is 7. The molecule has 4 aromatic rings.